The Morgan fingerprint density at radius 1 is 1.17 bits per heavy atom. The summed E-state index contributed by atoms with van der Waals surface area (Å²) in [5, 5.41) is 8.83. The number of guanidine groups is 1. The van der Waals surface area contributed by atoms with E-state index in [9.17, 15) is 4.79 Å². The molecular weight excluding hydrogens is 419 g/mol. The minimum Gasteiger partial charge on any atom is -0.357 e. The smallest absolute Gasteiger partial charge is 0.243 e. The summed E-state index contributed by atoms with van der Waals surface area (Å²) in [6.07, 6.45) is 4.98. The molecule has 0 aliphatic heterocycles. The molecule has 0 aliphatic carbocycles. The van der Waals surface area contributed by atoms with E-state index < -0.39 is 0 Å². The van der Waals surface area contributed by atoms with Gasteiger partial charge in [-0.15, -0.1) is 24.0 Å². The van der Waals surface area contributed by atoms with Gasteiger partial charge in [0.25, 0.3) is 0 Å². The van der Waals surface area contributed by atoms with Gasteiger partial charge < -0.3 is 16.0 Å². The van der Waals surface area contributed by atoms with E-state index in [4.69, 9.17) is 0 Å². The van der Waals surface area contributed by atoms with Gasteiger partial charge in [0.2, 0.25) is 5.91 Å². The third-order valence-corrected chi connectivity index (χ3v) is 2.83. The summed E-state index contributed by atoms with van der Waals surface area (Å²) in [7, 11) is 0. The first kappa shape index (κ1) is 19.8. The van der Waals surface area contributed by atoms with Crippen LogP contribution in [0.4, 0.5) is 5.69 Å². The van der Waals surface area contributed by atoms with Crippen molar-refractivity contribution in [3.63, 3.8) is 0 Å². The van der Waals surface area contributed by atoms with E-state index in [1.54, 1.807) is 30.7 Å². The molecule has 2 aromatic rings. The number of pyridine rings is 2. The molecule has 128 valence electrons. The zero-order valence-electron chi connectivity index (χ0n) is 13.4. The highest BCUT2D eigenvalue weighted by Gasteiger charge is 2.04. The number of anilines is 1. The van der Waals surface area contributed by atoms with Gasteiger partial charge in [-0.1, -0.05) is 6.07 Å². The summed E-state index contributed by atoms with van der Waals surface area (Å²) < 4.78 is 0. The molecule has 0 spiro atoms. The lowest BCUT2D eigenvalue weighted by molar-refractivity contribution is -0.115. The fourth-order valence-electron chi connectivity index (χ4n) is 1.80. The van der Waals surface area contributed by atoms with Gasteiger partial charge in [-0.2, -0.15) is 0 Å². The number of carbonyl (C=O) groups excluding carboxylic acids is 1. The molecule has 0 atom stereocenters. The van der Waals surface area contributed by atoms with Crippen LogP contribution in [0.25, 0.3) is 0 Å². The molecule has 1 amide bonds. The predicted octanol–water partition coefficient (Wildman–Crippen LogP) is 1.79. The van der Waals surface area contributed by atoms with E-state index in [-0.39, 0.29) is 36.4 Å². The number of rotatable bonds is 6. The number of nitrogens with one attached hydrogen (secondary N) is 3. The van der Waals surface area contributed by atoms with Crippen LogP contribution in [0.5, 0.6) is 0 Å². The molecule has 2 aromatic heterocycles. The molecule has 0 saturated carbocycles. The van der Waals surface area contributed by atoms with Gasteiger partial charge in [0.15, 0.2) is 5.96 Å². The number of nitrogens with zero attached hydrogens (tertiary/aromatic N) is 3. The van der Waals surface area contributed by atoms with Gasteiger partial charge in [-0.05, 0) is 31.2 Å². The second kappa shape index (κ2) is 11.3. The lowest BCUT2D eigenvalue weighted by Crippen LogP contribution is -2.41. The van der Waals surface area contributed by atoms with Crippen LogP contribution in [0, 0.1) is 0 Å². The Labute approximate surface area is 158 Å². The lowest BCUT2D eigenvalue weighted by atomic mass is 10.3. The Balaban J connectivity index is 0.00000288. The summed E-state index contributed by atoms with van der Waals surface area (Å²) >= 11 is 0. The van der Waals surface area contributed by atoms with Crippen LogP contribution in [0.3, 0.4) is 0 Å². The number of hydrogen-bond donors (Lipinski definition) is 3. The number of amides is 1. The molecule has 0 aliphatic rings. The summed E-state index contributed by atoms with van der Waals surface area (Å²) in [6.45, 7) is 3.23. The molecule has 2 rings (SSSR count). The van der Waals surface area contributed by atoms with Crippen LogP contribution in [-0.4, -0.2) is 34.9 Å². The molecule has 0 saturated heterocycles. The van der Waals surface area contributed by atoms with Gasteiger partial charge in [0, 0.05) is 18.9 Å². The first-order chi connectivity index (χ1) is 11.3. The third kappa shape index (κ3) is 7.36. The van der Waals surface area contributed by atoms with E-state index >= 15 is 0 Å². The van der Waals surface area contributed by atoms with Gasteiger partial charge in [0.1, 0.15) is 0 Å². The van der Waals surface area contributed by atoms with Crippen LogP contribution < -0.4 is 16.0 Å². The van der Waals surface area contributed by atoms with Gasteiger partial charge in [0.05, 0.1) is 30.7 Å². The Bertz CT molecular complexity index is 636. The van der Waals surface area contributed by atoms with Crippen molar-refractivity contribution in [2.75, 3.05) is 18.4 Å². The zero-order chi connectivity index (χ0) is 16.3. The predicted molar refractivity (Wildman–Crippen MR) is 105 cm³/mol. The minimum atomic E-state index is -0.165. The topological polar surface area (TPSA) is 91.3 Å². The van der Waals surface area contributed by atoms with Gasteiger partial charge in [-0.25, -0.2) is 4.99 Å². The molecule has 2 heterocycles. The van der Waals surface area contributed by atoms with Crippen molar-refractivity contribution < 1.29 is 4.79 Å². The Kier molecular flexibility index (Phi) is 9.35. The van der Waals surface area contributed by atoms with E-state index in [1.807, 2.05) is 25.1 Å². The average Bonchev–Trinajstić information content (AvgIpc) is 2.59. The Morgan fingerprint density at radius 2 is 2.04 bits per heavy atom. The van der Waals surface area contributed by atoms with Crippen molar-refractivity contribution in [1.29, 1.82) is 0 Å². The van der Waals surface area contributed by atoms with Crippen LogP contribution >= 0.6 is 24.0 Å². The fraction of sp³-hybridized carbons (Fsp3) is 0.250. The molecule has 0 unspecified atom stereocenters. The van der Waals surface area contributed by atoms with Gasteiger partial charge in [-0.3, -0.25) is 14.8 Å². The minimum absolute atomic E-state index is 0. The lowest BCUT2D eigenvalue weighted by Gasteiger charge is -2.11. The van der Waals surface area contributed by atoms with Crippen molar-refractivity contribution in [1.82, 2.24) is 20.6 Å². The largest absolute Gasteiger partial charge is 0.357 e. The van der Waals surface area contributed by atoms with Gasteiger partial charge >= 0.3 is 0 Å². The normalized spacial score (nSPS) is 10.5. The maximum Gasteiger partial charge on any atom is 0.243 e. The average molecular weight is 440 g/mol. The van der Waals surface area contributed by atoms with E-state index in [0.717, 1.165) is 5.69 Å². The number of halogens is 1. The Morgan fingerprint density at radius 3 is 2.71 bits per heavy atom. The van der Waals surface area contributed by atoms with Crippen molar-refractivity contribution in [2.24, 2.45) is 4.99 Å². The summed E-state index contributed by atoms with van der Waals surface area (Å²) in [5.41, 5.74) is 1.53. The molecule has 0 bridgehead atoms. The summed E-state index contributed by atoms with van der Waals surface area (Å²) in [4.78, 5) is 24.5. The van der Waals surface area contributed by atoms with Crippen molar-refractivity contribution in [2.45, 2.75) is 13.5 Å². The monoisotopic (exact) mass is 440 g/mol. The quantitative estimate of drug-likeness (QED) is 0.362. The SMILES string of the molecule is CCNC(=NCc1ccccn1)NCC(=O)Nc1cccnc1.I. The highest BCUT2D eigenvalue weighted by molar-refractivity contribution is 14.0. The first-order valence-electron chi connectivity index (χ1n) is 7.40. The fourth-order valence-corrected chi connectivity index (χ4v) is 1.80. The number of carbonyl (C=O) groups is 1. The maximum atomic E-state index is 11.9. The number of aromatic nitrogens is 2. The summed E-state index contributed by atoms with van der Waals surface area (Å²) in [6, 6.07) is 9.23. The first-order valence-corrected chi connectivity index (χ1v) is 7.40. The van der Waals surface area contributed by atoms with Crippen molar-refractivity contribution in [3.05, 3.63) is 54.6 Å². The molecule has 0 aromatic carbocycles. The van der Waals surface area contributed by atoms with Crippen LogP contribution in [0.2, 0.25) is 0 Å². The highest BCUT2D eigenvalue weighted by atomic mass is 127. The molecule has 24 heavy (non-hydrogen) atoms. The third-order valence-electron chi connectivity index (χ3n) is 2.83. The zero-order valence-corrected chi connectivity index (χ0v) is 15.7. The maximum absolute atomic E-state index is 11.9. The highest BCUT2D eigenvalue weighted by Crippen LogP contribution is 2.01. The van der Waals surface area contributed by atoms with E-state index in [0.29, 0.717) is 24.7 Å². The molecule has 3 N–H and O–H groups in total. The van der Waals surface area contributed by atoms with Crippen LogP contribution in [-0.2, 0) is 11.3 Å². The molecule has 0 radical (unpaired) electrons. The van der Waals surface area contributed by atoms with Crippen LogP contribution in [0.15, 0.2) is 53.9 Å². The second-order valence-electron chi connectivity index (χ2n) is 4.66. The Hall–Kier alpha value is -2.23. The van der Waals surface area contributed by atoms with Crippen LogP contribution in [0.1, 0.15) is 12.6 Å². The molecule has 0 fully saturated rings. The standard InChI is InChI=1S/C16H20N6O.HI/c1-2-18-16(20-11-13-6-3-4-9-19-13)21-12-15(23)22-14-7-5-8-17-10-14;/h3-10H,2,11-12H2,1H3,(H,22,23)(H2,18,20,21);1H. The molecular formula is C16H21IN6O. The van der Waals surface area contributed by atoms with Crippen molar-refractivity contribution in [3.8, 4) is 0 Å². The van der Waals surface area contributed by atoms with Crippen molar-refractivity contribution >= 4 is 41.5 Å². The summed E-state index contributed by atoms with van der Waals surface area (Å²) in [5.74, 6) is 0.404. The number of hydrogen-bond acceptors (Lipinski definition) is 4. The van der Waals surface area contributed by atoms with E-state index in [1.165, 1.54) is 0 Å². The number of aliphatic imine (C=N–C) groups is 1. The van der Waals surface area contributed by atoms with E-state index in [2.05, 4.69) is 30.9 Å². The second-order valence-corrected chi connectivity index (χ2v) is 4.66. The molecule has 7 nitrogen and oxygen atoms in total. The molecule has 8 heteroatoms.